The van der Waals surface area contributed by atoms with Gasteiger partial charge in [-0.2, -0.15) is 0 Å². The van der Waals surface area contributed by atoms with Gasteiger partial charge in [-0.15, -0.1) is 0 Å². The van der Waals surface area contributed by atoms with Crippen molar-refractivity contribution in [3.63, 3.8) is 0 Å². The van der Waals surface area contributed by atoms with E-state index in [1.807, 2.05) is 42.1 Å². The summed E-state index contributed by atoms with van der Waals surface area (Å²) in [6, 6.07) is 0. The Morgan fingerprint density at radius 1 is 1.42 bits per heavy atom. The van der Waals surface area contributed by atoms with Crippen LogP contribution in [0, 0.1) is 17.8 Å². The minimum atomic E-state index is -0.649. The standard InChI is InChI=1S/C19H31IN2O4/c1-12-15-8-14(18(12)25-3)9-17(26-16(15)11-24-2)22-7-5-4-6-13(10-22)19(23)21-20/h4-6,12,14-19,21,23H,7-11H2,1-3H3/t12?,14?,15?,16-,17?,18?,19?/m0/s1. The summed E-state index contributed by atoms with van der Waals surface area (Å²) < 4.78 is 20.8. The third kappa shape index (κ3) is 4.34. The molecule has 148 valence electrons. The van der Waals surface area contributed by atoms with Crippen LogP contribution >= 0.6 is 22.9 Å². The number of halogens is 1. The molecule has 0 aromatic rings. The molecule has 0 amide bonds. The highest BCUT2D eigenvalue weighted by Crippen LogP contribution is 2.46. The average Bonchev–Trinajstić information content (AvgIpc) is 2.82. The zero-order valence-corrected chi connectivity index (χ0v) is 18.0. The van der Waals surface area contributed by atoms with E-state index in [4.69, 9.17) is 14.2 Å². The lowest BCUT2D eigenvalue weighted by Gasteiger charge is -2.38. The Bertz CT molecular complexity index is 528. The van der Waals surface area contributed by atoms with Crippen LogP contribution < -0.4 is 3.53 Å². The number of rotatable bonds is 6. The lowest BCUT2D eigenvalue weighted by molar-refractivity contribution is -0.148. The fourth-order valence-corrected chi connectivity index (χ4v) is 5.29. The third-order valence-electron chi connectivity index (χ3n) is 6.18. The van der Waals surface area contributed by atoms with E-state index < -0.39 is 6.23 Å². The minimum absolute atomic E-state index is 0.00265. The minimum Gasteiger partial charge on any atom is -0.382 e. The topological polar surface area (TPSA) is 63.2 Å². The molecule has 2 fully saturated rings. The van der Waals surface area contributed by atoms with Gasteiger partial charge in [-0.05, 0) is 36.2 Å². The Hall–Kier alpha value is -0.0300. The first-order chi connectivity index (χ1) is 12.6. The van der Waals surface area contributed by atoms with Crippen LogP contribution in [0.25, 0.3) is 0 Å². The molecule has 2 bridgehead atoms. The zero-order valence-electron chi connectivity index (χ0n) is 15.8. The van der Waals surface area contributed by atoms with Crippen molar-refractivity contribution in [2.45, 2.75) is 44.4 Å². The monoisotopic (exact) mass is 478 g/mol. The van der Waals surface area contributed by atoms with E-state index in [2.05, 4.69) is 21.4 Å². The van der Waals surface area contributed by atoms with Gasteiger partial charge in [0.2, 0.25) is 0 Å². The quantitative estimate of drug-likeness (QED) is 0.347. The number of nitrogens with zero attached hydrogens (tertiary/aromatic N) is 1. The normalized spacial score (nSPS) is 39.3. The Balaban J connectivity index is 1.79. The summed E-state index contributed by atoms with van der Waals surface area (Å²) in [4.78, 5) is 2.31. The second-order valence-electron chi connectivity index (χ2n) is 7.65. The van der Waals surface area contributed by atoms with Gasteiger partial charge in [0.05, 0.1) is 18.8 Å². The van der Waals surface area contributed by atoms with Crippen molar-refractivity contribution >= 4 is 22.9 Å². The SMILES string of the molecule is COC[C@@H]1OC(N2CC=CC=C(C(O)NI)C2)CC2CC1C(C)C2OC. The molecule has 26 heavy (non-hydrogen) atoms. The molecule has 7 heteroatoms. The van der Waals surface area contributed by atoms with E-state index in [9.17, 15) is 5.11 Å². The van der Waals surface area contributed by atoms with Gasteiger partial charge >= 0.3 is 0 Å². The van der Waals surface area contributed by atoms with Gasteiger partial charge in [0.1, 0.15) is 12.5 Å². The molecular formula is C19H31IN2O4. The highest BCUT2D eigenvalue weighted by Gasteiger charge is 2.49. The second-order valence-corrected chi connectivity index (χ2v) is 8.27. The number of methoxy groups -OCH3 is 2. The van der Waals surface area contributed by atoms with Gasteiger partial charge in [-0.25, -0.2) is 3.53 Å². The first-order valence-corrected chi connectivity index (χ1v) is 10.5. The maximum Gasteiger partial charge on any atom is 0.136 e. The van der Waals surface area contributed by atoms with Crippen LogP contribution in [0.5, 0.6) is 0 Å². The number of nitrogens with one attached hydrogen (secondary N) is 1. The van der Waals surface area contributed by atoms with E-state index in [1.54, 1.807) is 7.11 Å². The number of aliphatic hydroxyl groups is 1. The molecule has 3 rings (SSSR count). The number of aliphatic hydroxyl groups excluding tert-OH is 1. The van der Waals surface area contributed by atoms with Crippen molar-refractivity contribution < 1.29 is 19.3 Å². The lowest BCUT2D eigenvalue weighted by Crippen LogP contribution is -2.47. The van der Waals surface area contributed by atoms with Gasteiger partial charge in [0.15, 0.2) is 0 Å². The van der Waals surface area contributed by atoms with Gasteiger partial charge in [-0.1, -0.05) is 25.2 Å². The molecular weight excluding hydrogens is 447 g/mol. The summed E-state index contributed by atoms with van der Waals surface area (Å²) >= 11 is 1.99. The molecule has 6 unspecified atom stereocenters. The third-order valence-corrected chi connectivity index (χ3v) is 6.77. The Morgan fingerprint density at radius 2 is 2.23 bits per heavy atom. The van der Waals surface area contributed by atoms with Crippen LogP contribution in [0.2, 0.25) is 0 Å². The Morgan fingerprint density at radius 3 is 2.92 bits per heavy atom. The molecule has 1 saturated carbocycles. The van der Waals surface area contributed by atoms with Crippen molar-refractivity contribution in [2.24, 2.45) is 17.8 Å². The molecule has 0 spiro atoms. The predicted octanol–water partition coefficient (Wildman–Crippen LogP) is 2.09. The molecule has 3 aliphatic rings. The Kier molecular flexibility index (Phi) is 7.52. The zero-order chi connectivity index (χ0) is 18.7. The number of fused-ring (bicyclic) bond motifs is 2. The molecule has 0 aromatic heterocycles. The molecule has 0 aromatic carbocycles. The fraction of sp³-hybridized carbons (Fsp3) is 0.789. The average molecular weight is 478 g/mol. The summed E-state index contributed by atoms with van der Waals surface area (Å²) in [5.41, 5.74) is 0.950. The van der Waals surface area contributed by atoms with Crippen LogP contribution in [-0.2, 0) is 14.2 Å². The maximum atomic E-state index is 10.2. The van der Waals surface area contributed by atoms with E-state index in [-0.39, 0.29) is 18.4 Å². The maximum absolute atomic E-state index is 10.2. The van der Waals surface area contributed by atoms with E-state index >= 15 is 0 Å². The van der Waals surface area contributed by atoms with Crippen molar-refractivity contribution in [1.82, 2.24) is 8.43 Å². The van der Waals surface area contributed by atoms with Crippen LogP contribution in [0.4, 0.5) is 0 Å². The van der Waals surface area contributed by atoms with Crippen molar-refractivity contribution in [3.05, 3.63) is 23.8 Å². The van der Waals surface area contributed by atoms with Crippen LogP contribution in [0.3, 0.4) is 0 Å². The fourth-order valence-electron chi connectivity index (χ4n) is 4.89. The largest absolute Gasteiger partial charge is 0.382 e. The predicted molar refractivity (Wildman–Crippen MR) is 109 cm³/mol. The lowest BCUT2D eigenvalue weighted by atomic mass is 9.91. The number of hydrogen-bond donors (Lipinski definition) is 2. The molecule has 1 saturated heterocycles. The molecule has 2 heterocycles. The van der Waals surface area contributed by atoms with Crippen LogP contribution in [0.15, 0.2) is 23.8 Å². The molecule has 0 radical (unpaired) electrons. The molecule has 1 aliphatic carbocycles. The van der Waals surface area contributed by atoms with Crippen LogP contribution in [-0.4, -0.2) is 68.6 Å². The summed E-state index contributed by atoms with van der Waals surface area (Å²) in [5, 5.41) is 10.2. The van der Waals surface area contributed by atoms with Gasteiger partial charge < -0.3 is 19.3 Å². The smallest absolute Gasteiger partial charge is 0.136 e. The van der Waals surface area contributed by atoms with E-state index in [0.29, 0.717) is 30.9 Å². The number of hydrogen-bond acceptors (Lipinski definition) is 6. The molecule has 7 atom stereocenters. The summed E-state index contributed by atoms with van der Waals surface area (Å²) in [7, 11) is 3.57. The van der Waals surface area contributed by atoms with Gasteiger partial charge in [-0.3, -0.25) is 4.90 Å². The van der Waals surface area contributed by atoms with Crippen LogP contribution in [0.1, 0.15) is 19.8 Å². The highest BCUT2D eigenvalue weighted by atomic mass is 127. The van der Waals surface area contributed by atoms with Crippen molar-refractivity contribution in [1.29, 1.82) is 0 Å². The van der Waals surface area contributed by atoms with E-state index in [0.717, 1.165) is 25.0 Å². The van der Waals surface area contributed by atoms with Crippen molar-refractivity contribution in [2.75, 3.05) is 33.9 Å². The van der Waals surface area contributed by atoms with Gasteiger partial charge in [0.25, 0.3) is 0 Å². The Labute approximate surface area is 170 Å². The first-order valence-electron chi connectivity index (χ1n) is 9.40. The summed E-state index contributed by atoms with van der Waals surface area (Å²) in [5.74, 6) is 1.45. The molecule has 6 nitrogen and oxygen atoms in total. The second kappa shape index (κ2) is 9.45. The van der Waals surface area contributed by atoms with Crippen molar-refractivity contribution in [3.8, 4) is 0 Å². The summed E-state index contributed by atoms with van der Waals surface area (Å²) in [6.07, 6.45) is 7.94. The number of allylic oxidation sites excluding steroid dienone is 2. The van der Waals surface area contributed by atoms with E-state index in [1.165, 1.54) is 0 Å². The van der Waals surface area contributed by atoms with Gasteiger partial charge in [0, 0.05) is 50.2 Å². The highest BCUT2D eigenvalue weighted by molar-refractivity contribution is 14.1. The summed E-state index contributed by atoms with van der Waals surface area (Å²) in [6.45, 7) is 4.38. The number of ether oxygens (including phenoxy) is 3. The first kappa shape index (κ1) is 20.7. The molecule has 2 aliphatic heterocycles. The molecule has 2 N–H and O–H groups in total.